The highest BCUT2D eigenvalue weighted by molar-refractivity contribution is 9.10. The Labute approximate surface area is 89.1 Å². The molecule has 0 spiro atoms. The Morgan fingerprint density at radius 3 is 3.07 bits per heavy atom. The molecule has 2 heterocycles. The fourth-order valence-corrected chi connectivity index (χ4v) is 1.26. The molecule has 2 rings (SSSR count). The molecule has 0 radical (unpaired) electrons. The summed E-state index contributed by atoms with van der Waals surface area (Å²) in [6.45, 7) is 0.376. The maximum Gasteiger partial charge on any atom is 0.264 e. The van der Waals surface area contributed by atoms with Gasteiger partial charge in [-0.15, -0.1) is 0 Å². The van der Waals surface area contributed by atoms with E-state index in [2.05, 4.69) is 25.9 Å². The van der Waals surface area contributed by atoms with Crippen molar-refractivity contribution in [1.29, 1.82) is 0 Å². The van der Waals surface area contributed by atoms with Crippen molar-refractivity contribution in [3.8, 4) is 5.75 Å². The lowest BCUT2D eigenvalue weighted by molar-refractivity contribution is 0.300. The van der Waals surface area contributed by atoms with Crippen LogP contribution in [0, 0.1) is 0 Å². The van der Waals surface area contributed by atoms with Crippen LogP contribution in [-0.2, 0) is 6.61 Å². The van der Waals surface area contributed by atoms with E-state index in [4.69, 9.17) is 9.15 Å². The summed E-state index contributed by atoms with van der Waals surface area (Å²) in [7, 11) is 0. The van der Waals surface area contributed by atoms with Crippen LogP contribution in [0.2, 0.25) is 0 Å². The van der Waals surface area contributed by atoms with E-state index in [0.29, 0.717) is 17.2 Å². The van der Waals surface area contributed by atoms with Crippen LogP contribution in [0.4, 0.5) is 0 Å². The summed E-state index contributed by atoms with van der Waals surface area (Å²) in [5, 5.41) is 0. The van der Waals surface area contributed by atoms with Gasteiger partial charge in [-0.2, -0.15) is 0 Å². The first-order valence-corrected chi connectivity index (χ1v) is 4.76. The summed E-state index contributed by atoms with van der Waals surface area (Å²) >= 11 is 3.11. The number of hydrogen-bond donors (Lipinski definition) is 0. The fourth-order valence-electron chi connectivity index (χ4n) is 0.938. The summed E-state index contributed by atoms with van der Waals surface area (Å²) < 4.78 is 10.4. The molecule has 0 aliphatic heterocycles. The number of oxazole rings is 1. The molecule has 2 aromatic rings. The molecule has 14 heavy (non-hydrogen) atoms. The van der Waals surface area contributed by atoms with Crippen LogP contribution in [0.1, 0.15) is 5.69 Å². The van der Waals surface area contributed by atoms with Crippen molar-refractivity contribution < 1.29 is 9.15 Å². The Balaban J connectivity index is 1.95. The molecule has 4 nitrogen and oxygen atoms in total. The van der Waals surface area contributed by atoms with Crippen LogP contribution >= 0.6 is 15.9 Å². The Bertz CT molecular complexity index is 402. The highest BCUT2D eigenvalue weighted by Gasteiger charge is 2.01. The first kappa shape index (κ1) is 9.21. The summed E-state index contributed by atoms with van der Waals surface area (Å²) in [5.74, 6) is 0.714. The third-order valence-electron chi connectivity index (χ3n) is 1.54. The lowest BCUT2D eigenvalue weighted by Crippen LogP contribution is -1.95. The van der Waals surface area contributed by atoms with Crippen molar-refractivity contribution in [2.24, 2.45) is 0 Å². The molecule has 0 bridgehead atoms. The van der Waals surface area contributed by atoms with Gasteiger partial charge in [0.25, 0.3) is 4.80 Å². The Morgan fingerprint density at radius 1 is 1.50 bits per heavy atom. The summed E-state index contributed by atoms with van der Waals surface area (Å²) in [6.07, 6.45) is 4.88. The molecule has 0 N–H and O–H groups in total. The van der Waals surface area contributed by atoms with Crippen LogP contribution in [0.5, 0.6) is 5.75 Å². The minimum atomic E-state index is 0.376. The van der Waals surface area contributed by atoms with Crippen molar-refractivity contribution >= 4 is 15.9 Å². The number of aromatic nitrogens is 2. The second-order valence-corrected chi connectivity index (χ2v) is 3.25. The molecule has 0 aliphatic carbocycles. The second-order valence-electron chi connectivity index (χ2n) is 2.57. The number of halogens is 1. The van der Waals surface area contributed by atoms with Crippen LogP contribution < -0.4 is 4.74 Å². The standard InChI is InChI=1S/C9H7BrN2O2/c10-9-12-7(6-14-9)5-13-8-2-1-3-11-4-8/h1-4,6H,5H2. The maximum absolute atomic E-state index is 5.40. The normalized spacial score (nSPS) is 10.1. The van der Waals surface area contributed by atoms with Gasteiger partial charge in [0.2, 0.25) is 0 Å². The average molecular weight is 255 g/mol. The summed E-state index contributed by atoms with van der Waals surface area (Å²) in [4.78, 5) is 8.41. The van der Waals surface area contributed by atoms with E-state index in [9.17, 15) is 0 Å². The molecule has 0 saturated heterocycles. The maximum atomic E-state index is 5.40. The van der Waals surface area contributed by atoms with Gasteiger partial charge in [0.15, 0.2) is 0 Å². The summed E-state index contributed by atoms with van der Waals surface area (Å²) in [6, 6.07) is 3.65. The molecular formula is C9H7BrN2O2. The first-order valence-electron chi connectivity index (χ1n) is 3.97. The third-order valence-corrected chi connectivity index (χ3v) is 1.91. The van der Waals surface area contributed by atoms with Gasteiger partial charge in [-0.05, 0) is 12.1 Å². The highest BCUT2D eigenvalue weighted by Crippen LogP contribution is 2.12. The predicted octanol–water partition coefficient (Wildman–Crippen LogP) is 2.41. The number of rotatable bonds is 3. The molecule has 0 fully saturated rings. The van der Waals surface area contributed by atoms with Crippen molar-refractivity contribution in [3.05, 3.63) is 41.3 Å². The topological polar surface area (TPSA) is 48.2 Å². The predicted molar refractivity (Wildman–Crippen MR) is 52.8 cm³/mol. The smallest absolute Gasteiger partial charge is 0.264 e. The van der Waals surface area contributed by atoms with Crippen LogP contribution in [0.3, 0.4) is 0 Å². The number of hydrogen-bond acceptors (Lipinski definition) is 4. The average Bonchev–Trinajstić information content (AvgIpc) is 2.63. The van der Waals surface area contributed by atoms with E-state index in [1.807, 2.05) is 12.1 Å². The zero-order valence-corrected chi connectivity index (χ0v) is 8.77. The van der Waals surface area contributed by atoms with Gasteiger partial charge in [-0.1, -0.05) is 0 Å². The van der Waals surface area contributed by atoms with Crippen LogP contribution in [-0.4, -0.2) is 9.97 Å². The van der Waals surface area contributed by atoms with Crippen molar-refractivity contribution in [3.63, 3.8) is 0 Å². The van der Waals surface area contributed by atoms with E-state index in [1.165, 1.54) is 0 Å². The molecular weight excluding hydrogens is 248 g/mol. The van der Waals surface area contributed by atoms with Gasteiger partial charge in [-0.3, -0.25) is 4.98 Å². The van der Waals surface area contributed by atoms with E-state index in [-0.39, 0.29) is 0 Å². The van der Waals surface area contributed by atoms with E-state index in [1.54, 1.807) is 18.7 Å². The Kier molecular flexibility index (Phi) is 2.78. The van der Waals surface area contributed by atoms with Crippen molar-refractivity contribution in [2.75, 3.05) is 0 Å². The van der Waals surface area contributed by atoms with Crippen molar-refractivity contribution in [1.82, 2.24) is 9.97 Å². The molecule has 0 saturated carbocycles. The Morgan fingerprint density at radius 2 is 2.43 bits per heavy atom. The fraction of sp³-hybridized carbons (Fsp3) is 0.111. The number of nitrogens with zero attached hydrogens (tertiary/aromatic N) is 2. The van der Waals surface area contributed by atoms with Crippen molar-refractivity contribution in [2.45, 2.75) is 6.61 Å². The molecule has 0 aliphatic rings. The lowest BCUT2D eigenvalue weighted by atomic mass is 10.4. The van der Waals surface area contributed by atoms with Crippen LogP contribution in [0.15, 0.2) is 40.0 Å². The minimum Gasteiger partial charge on any atom is -0.486 e. The zero-order chi connectivity index (χ0) is 9.80. The van der Waals surface area contributed by atoms with Gasteiger partial charge in [-0.25, -0.2) is 4.98 Å². The lowest BCUT2D eigenvalue weighted by Gasteiger charge is -2.01. The van der Waals surface area contributed by atoms with Crippen LogP contribution in [0.25, 0.3) is 0 Å². The monoisotopic (exact) mass is 254 g/mol. The summed E-state index contributed by atoms with van der Waals surface area (Å²) in [5.41, 5.74) is 0.737. The minimum absolute atomic E-state index is 0.376. The van der Waals surface area contributed by atoms with Gasteiger partial charge < -0.3 is 9.15 Å². The molecule has 0 aromatic carbocycles. The van der Waals surface area contributed by atoms with E-state index >= 15 is 0 Å². The van der Waals surface area contributed by atoms with E-state index < -0.39 is 0 Å². The molecule has 2 aromatic heterocycles. The highest BCUT2D eigenvalue weighted by atomic mass is 79.9. The largest absolute Gasteiger partial charge is 0.486 e. The number of pyridine rings is 1. The quantitative estimate of drug-likeness (QED) is 0.844. The molecule has 5 heteroatoms. The van der Waals surface area contributed by atoms with Gasteiger partial charge in [0.05, 0.1) is 6.20 Å². The van der Waals surface area contributed by atoms with Gasteiger partial charge in [0, 0.05) is 22.1 Å². The molecule has 0 unspecified atom stereocenters. The molecule has 0 atom stereocenters. The SMILES string of the molecule is Brc1nc(COc2cccnc2)co1. The van der Waals surface area contributed by atoms with Gasteiger partial charge >= 0.3 is 0 Å². The second kappa shape index (κ2) is 4.23. The zero-order valence-electron chi connectivity index (χ0n) is 7.18. The third kappa shape index (κ3) is 2.32. The first-order chi connectivity index (χ1) is 6.84. The van der Waals surface area contributed by atoms with E-state index in [0.717, 1.165) is 5.69 Å². The van der Waals surface area contributed by atoms with Gasteiger partial charge in [0.1, 0.15) is 24.3 Å². The number of ether oxygens (including phenoxy) is 1. The Hall–Kier alpha value is -1.36. The molecule has 72 valence electrons. The molecule has 0 amide bonds.